The van der Waals surface area contributed by atoms with Crippen LogP contribution in [0.3, 0.4) is 0 Å². The van der Waals surface area contributed by atoms with Crippen LogP contribution >= 0.6 is 0 Å². The van der Waals surface area contributed by atoms with Gasteiger partial charge in [0.1, 0.15) is 11.9 Å². The largest absolute Gasteiger partial charge is 0.482 e. The molecule has 6 nitrogen and oxygen atoms in total. The summed E-state index contributed by atoms with van der Waals surface area (Å²) in [6, 6.07) is 7.03. The molecule has 0 radical (unpaired) electrons. The summed E-state index contributed by atoms with van der Waals surface area (Å²) in [5, 5.41) is 11.5. The highest BCUT2D eigenvalue weighted by molar-refractivity contribution is 5.80. The number of benzene rings is 1. The lowest BCUT2D eigenvalue weighted by atomic mass is 10.2. The molecular formula is C18H25NO5. The zero-order valence-electron chi connectivity index (χ0n) is 14.0. The third-order valence-electron chi connectivity index (χ3n) is 4.05. The maximum absolute atomic E-state index is 12.3. The van der Waals surface area contributed by atoms with Crippen LogP contribution in [-0.2, 0) is 20.9 Å². The Morgan fingerprint density at radius 1 is 1.33 bits per heavy atom. The van der Waals surface area contributed by atoms with Crippen molar-refractivity contribution in [3.05, 3.63) is 29.8 Å². The predicted molar refractivity (Wildman–Crippen MR) is 88.8 cm³/mol. The van der Waals surface area contributed by atoms with Crippen molar-refractivity contribution in [2.24, 2.45) is 0 Å². The van der Waals surface area contributed by atoms with Gasteiger partial charge in [0.05, 0.1) is 6.10 Å². The van der Waals surface area contributed by atoms with E-state index >= 15 is 0 Å². The average molecular weight is 335 g/mol. The molecule has 2 rings (SSSR count). The molecule has 1 unspecified atom stereocenters. The van der Waals surface area contributed by atoms with E-state index in [1.807, 2.05) is 13.0 Å². The summed E-state index contributed by atoms with van der Waals surface area (Å²) in [4.78, 5) is 22.8. The maximum atomic E-state index is 12.3. The van der Waals surface area contributed by atoms with Gasteiger partial charge in [-0.05, 0) is 37.0 Å². The molecule has 6 heteroatoms. The lowest BCUT2D eigenvalue weighted by Gasteiger charge is -2.20. The van der Waals surface area contributed by atoms with Gasteiger partial charge < -0.3 is 19.9 Å². The van der Waals surface area contributed by atoms with Crippen LogP contribution in [0.25, 0.3) is 0 Å². The molecule has 1 aliphatic carbocycles. The molecule has 0 heterocycles. The molecule has 24 heavy (non-hydrogen) atoms. The summed E-state index contributed by atoms with van der Waals surface area (Å²) >= 11 is 0. The van der Waals surface area contributed by atoms with Crippen LogP contribution in [0.2, 0.25) is 0 Å². The van der Waals surface area contributed by atoms with E-state index < -0.39 is 12.1 Å². The molecule has 1 atom stereocenters. The number of amides is 1. The van der Waals surface area contributed by atoms with Gasteiger partial charge in [0.15, 0.2) is 6.61 Å². The Morgan fingerprint density at radius 3 is 2.75 bits per heavy atom. The monoisotopic (exact) mass is 335 g/mol. The van der Waals surface area contributed by atoms with Crippen molar-refractivity contribution in [1.82, 2.24) is 5.32 Å². The van der Waals surface area contributed by atoms with Crippen molar-refractivity contribution in [3.63, 3.8) is 0 Å². The lowest BCUT2D eigenvalue weighted by Crippen LogP contribution is -2.37. The molecule has 0 spiro atoms. The summed E-state index contributed by atoms with van der Waals surface area (Å²) in [6.07, 6.45) is 4.84. The van der Waals surface area contributed by atoms with Crippen LogP contribution in [0, 0.1) is 0 Å². The topological polar surface area (TPSA) is 84.9 Å². The molecule has 2 N–H and O–H groups in total. The van der Waals surface area contributed by atoms with E-state index in [4.69, 9.17) is 14.6 Å². The molecule has 0 saturated heterocycles. The van der Waals surface area contributed by atoms with Crippen molar-refractivity contribution in [2.45, 2.75) is 57.8 Å². The van der Waals surface area contributed by atoms with E-state index in [2.05, 4.69) is 5.32 Å². The summed E-state index contributed by atoms with van der Waals surface area (Å²) in [5.41, 5.74) is 0.849. The van der Waals surface area contributed by atoms with E-state index in [-0.39, 0.29) is 18.6 Å². The number of ether oxygens (including phenoxy) is 2. The fourth-order valence-corrected chi connectivity index (χ4v) is 2.79. The van der Waals surface area contributed by atoms with Crippen LogP contribution in [0.15, 0.2) is 24.3 Å². The molecule has 0 bridgehead atoms. The second-order valence-corrected chi connectivity index (χ2v) is 5.99. The second kappa shape index (κ2) is 9.27. The van der Waals surface area contributed by atoms with Crippen LogP contribution < -0.4 is 10.1 Å². The van der Waals surface area contributed by atoms with E-state index in [0.29, 0.717) is 18.7 Å². The van der Waals surface area contributed by atoms with Gasteiger partial charge >= 0.3 is 5.97 Å². The number of carbonyl (C=O) groups is 2. The van der Waals surface area contributed by atoms with Gasteiger partial charge in [0.2, 0.25) is 5.91 Å². The summed E-state index contributed by atoms with van der Waals surface area (Å²) in [7, 11) is 0. The molecule has 1 aromatic carbocycles. The van der Waals surface area contributed by atoms with Crippen LogP contribution in [-0.4, -0.2) is 35.8 Å². The highest BCUT2D eigenvalue weighted by atomic mass is 16.5. The van der Waals surface area contributed by atoms with Gasteiger partial charge in [-0.1, -0.05) is 31.9 Å². The molecule has 1 fully saturated rings. The zero-order valence-corrected chi connectivity index (χ0v) is 14.0. The number of carboxylic acids is 1. The normalized spacial score (nSPS) is 15.9. The Kier molecular flexibility index (Phi) is 7.06. The molecule has 1 amide bonds. The van der Waals surface area contributed by atoms with Gasteiger partial charge in [0, 0.05) is 6.54 Å². The van der Waals surface area contributed by atoms with Crippen molar-refractivity contribution in [2.75, 3.05) is 6.61 Å². The van der Waals surface area contributed by atoms with E-state index in [0.717, 1.165) is 18.4 Å². The highest BCUT2D eigenvalue weighted by Crippen LogP contribution is 2.23. The van der Waals surface area contributed by atoms with Crippen LogP contribution in [0.1, 0.15) is 44.6 Å². The van der Waals surface area contributed by atoms with Gasteiger partial charge in [-0.2, -0.15) is 0 Å². The molecule has 132 valence electrons. The Morgan fingerprint density at radius 2 is 2.08 bits per heavy atom. The standard InChI is InChI=1S/C18H25NO5/c1-2-16(24-14-7-3-4-8-14)18(22)19-11-13-6-5-9-15(10-13)23-12-17(20)21/h5-6,9-10,14,16H,2-4,7-8,11-12H2,1H3,(H,19,22)(H,20,21). The molecule has 1 aromatic rings. The fraction of sp³-hybridized carbons (Fsp3) is 0.556. The Balaban J connectivity index is 1.83. The molecule has 1 aliphatic rings. The highest BCUT2D eigenvalue weighted by Gasteiger charge is 2.24. The number of aliphatic carboxylic acids is 1. The second-order valence-electron chi connectivity index (χ2n) is 5.99. The van der Waals surface area contributed by atoms with Crippen LogP contribution in [0.4, 0.5) is 0 Å². The summed E-state index contributed by atoms with van der Waals surface area (Å²) < 4.78 is 11.0. The third-order valence-corrected chi connectivity index (χ3v) is 4.05. The van der Waals surface area contributed by atoms with Gasteiger partial charge in [-0.25, -0.2) is 4.79 Å². The zero-order chi connectivity index (χ0) is 17.4. The van der Waals surface area contributed by atoms with Crippen molar-refractivity contribution < 1.29 is 24.2 Å². The summed E-state index contributed by atoms with van der Waals surface area (Å²) in [6.45, 7) is 1.91. The van der Waals surface area contributed by atoms with Crippen molar-refractivity contribution >= 4 is 11.9 Å². The average Bonchev–Trinajstić information content (AvgIpc) is 3.09. The first-order valence-corrected chi connectivity index (χ1v) is 8.45. The quantitative estimate of drug-likeness (QED) is 0.724. The predicted octanol–water partition coefficient (Wildman–Crippen LogP) is 2.50. The summed E-state index contributed by atoms with van der Waals surface area (Å²) in [5.74, 6) is -0.664. The first-order valence-electron chi connectivity index (χ1n) is 8.45. The molecule has 1 saturated carbocycles. The Hall–Kier alpha value is -2.08. The first kappa shape index (κ1) is 18.3. The molecular weight excluding hydrogens is 310 g/mol. The van der Waals surface area contributed by atoms with Crippen molar-refractivity contribution in [3.8, 4) is 5.75 Å². The molecule has 0 aromatic heterocycles. The van der Waals surface area contributed by atoms with Gasteiger partial charge in [-0.15, -0.1) is 0 Å². The number of hydrogen-bond acceptors (Lipinski definition) is 4. The Bertz CT molecular complexity index is 554. The van der Waals surface area contributed by atoms with Crippen molar-refractivity contribution in [1.29, 1.82) is 0 Å². The minimum absolute atomic E-state index is 0.110. The Labute approximate surface area is 142 Å². The van der Waals surface area contributed by atoms with Gasteiger partial charge in [0.25, 0.3) is 0 Å². The number of hydrogen-bond donors (Lipinski definition) is 2. The minimum Gasteiger partial charge on any atom is -0.482 e. The van der Waals surface area contributed by atoms with E-state index in [9.17, 15) is 9.59 Å². The number of nitrogens with one attached hydrogen (secondary N) is 1. The smallest absolute Gasteiger partial charge is 0.341 e. The first-order chi connectivity index (χ1) is 11.6. The third kappa shape index (κ3) is 5.85. The SMILES string of the molecule is CCC(OC1CCCC1)C(=O)NCc1cccc(OCC(=O)O)c1. The fourth-order valence-electron chi connectivity index (χ4n) is 2.79. The number of carboxylic acid groups (broad SMARTS) is 1. The number of carbonyl (C=O) groups excluding carboxylic acids is 1. The van der Waals surface area contributed by atoms with E-state index in [1.165, 1.54) is 12.8 Å². The minimum atomic E-state index is -1.02. The van der Waals surface area contributed by atoms with Gasteiger partial charge in [-0.3, -0.25) is 4.79 Å². The lowest BCUT2D eigenvalue weighted by molar-refractivity contribution is -0.139. The van der Waals surface area contributed by atoms with Crippen LogP contribution in [0.5, 0.6) is 5.75 Å². The number of rotatable bonds is 9. The van der Waals surface area contributed by atoms with E-state index in [1.54, 1.807) is 18.2 Å². The maximum Gasteiger partial charge on any atom is 0.341 e. The molecule has 0 aliphatic heterocycles.